The Hall–Kier alpha value is -0.000000000000000111. The van der Waals surface area contributed by atoms with E-state index in [-0.39, 0.29) is 12.1 Å². The number of esters is 1. The summed E-state index contributed by atoms with van der Waals surface area (Å²) in [4.78, 5) is 11.7. The van der Waals surface area contributed by atoms with Gasteiger partial charge in [0, 0.05) is 11.8 Å². The second kappa shape index (κ2) is 12.4. The average molecular weight is 375 g/mol. The zero-order valence-corrected chi connectivity index (χ0v) is 16.7. The maximum Gasteiger partial charge on any atom is 0.331 e. The Morgan fingerprint density at radius 2 is 1.96 bits per heavy atom. The van der Waals surface area contributed by atoms with E-state index in [1.807, 2.05) is 6.08 Å². The van der Waals surface area contributed by atoms with Crippen LogP contribution in [0, 0.1) is 11.8 Å². The summed E-state index contributed by atoms with van der Waals surface area (Å²) in [6.07, 6.45) is 12.5. The van der Waals surface area contributed by atoms with Crippen molar-refractivity contribution in [1.82, 2.24) is 0 Å². The van der Waals surface area contributed by atoms with Gasteiger partial charge < -0.3 is 4.74 Å². The molecular formula is C18H30O2S3. The normalized spacial score (nSPS) is 18.2. The van der Waals surface area contributed by atoms with E-state index in [0.29, 0.717) is 17.6 Å². The van der Waals surface area contributed by atoms with Crippen molar-refractivity contribution in [3.8, 4) is 0 Å². The van der Waals surface area contributed by atoms with Crippen molar-refractivity contribution < 1.29 is 9.53 Å². The van der Waals surface area contributed by atoms with Gasteiger partial charge in [0.2, 0.25) is 0 Å². The van der Waals surface area contributed by atoms with E-state index in [9.17, 15) is 4.79 Å². The second-order valence-electron chi connectivity index (χ2n) is 6.42. The van der Waals surface area contributed by atoms with Crippen molar-refractivity contribution >= 4 is 43.9 Å². The highest BCUT2D eigenvalue weighted by molar-refractivity contribution is 7.80. The maximum absolute atomic E-state index is 11.7. The topological polar surface area (TPSA) is 26.3 Å². The van der Waals surface area contributed by atoms with Gasteiger partial charge in [-0.05, 0) is 61.0 Å². The van der Waals surface area contributed by atoms with E-state index >= 15 is 0 Å². The molecule has 1 aliphatic carbocycles. The Labute approximate surface area is 157 Å². The minimum absolute atomic E-state index is 0.150. The fourth-order valence-corrected chi connectivity index (χ4v) is 2.93. The van der Waals surface area contributed by atoms with Crippen molar-refractivity contribution in [1.29, 1.82) is 0 Å². The van der Waals surface area contributed by atoms with E-state index in [1.54, 1.807) is 6.08 Å². The Balaban J connectivity index is 2.33. The SMILES string of the molecule is CC(CS)CCCC(CS)CC=CC(=CC(=O)OC1CC1)CS. The number of ether oxygens (including phenoxy) is 1. The monoisotopic (exact) mass is 374 g/mol. The van der Waals surface area contributed by atoms with Crippen LogP contribution in [0.1, 0.15) is 45.4 Å². The van der Waals surface area contributed by atoms with E-state index < -0.39 is 0 Å². The molecule has 23 heavy (non-hydrogen) atoms. The number of hydrogen-bond donors (Lipinski definition) is 3. The molecule has 1 fully saturated rings. The summed E-state index contributed by atoms with van der Waals surface area (Å²) in [6.45, 7) is 2.24. The molecule has 2 atom stereocenters. The van der Waals surface area contributed by atoms with E-state index in [0.717, 1.165) is 36.3 Å². The smallest absolute Gasteiger partial charge is 0.331 e. The number of allylic oxidation sites excluding steroid dienone is 2. The van der Waals surface area contributed by atoms with Gasteiger partial charge in [-0.25, -0.2) is 4.79 Å². The van der Waals surface area contributed by atoms with Crippen molar-refractivity contribution in [2.75, 3.05) is 17.3 Å². The van der Waals surface area contributed by atoms with E-state index in [2.05, 4.69) is 50.9 Å². The Kier molecular flexibility index (Phi) is 11.3. The van der Waals surface area contributed by atoms with Crippen LogP contribution in [0.4, 0.5) is 0 Å². The maximum atomic E-state index is 11.7. The summed E-state index contributed by atoms with van der Waals surface area (Å²) >= 11 is 13.1. The molecular weight excluding hydrogens is 344 g/mol. The van der Waals surface area contributed by atoms with Crippen molar-refractivity contribution in [3.63, 3.8) is 0 Å². The fourth-order valence-electron chi connectivity index (χ4n) is 2.22. The summed E-state index contributed by atoms with van der Waals surface area (Å²) in [6, 6.07) is 0. The second-order valence-corrected chi connectivity index (χ2v) is 7.47. The fraction of sp³-hybridized carbons (Fsp3) is 0.722. The van der Waals surface area contributed by atoms with Crippen molar-refractivity contribution in [2.45, 2.75) is 51.6 Å². The third-order valence-corrected chi connectivity index (χ3v) is 5.48. The van der Waals surface area contributed by atoms with E-state index in [4.69, 9.17) is 4.74 Å². The number of carbonyl (C=O) groups excluding carboxylic acids is 1. The molecule has 1 rings (SSSR count). The van der Waals surface area contributed by atoms with Crippen LogP contribution >= 0.6 is 37.9 Å². The molecule has 0 saturated heterocycles. The first-order valence-electron chi connectivity index (χ1n) is 8.49. The third kappa shape index (κ3) is 10.5. The van der Waals surface area contributed by atoms with Crippen LogP contribution in [-0.2, 0) is 9.53 Å². The van der Waals surface area contributed by atoms with E-state index in [1.165, 1.54) is 19.3 Å². The first-order valence-corrected chi connectivity index (χ1v) is 10.4. The summed E-state index contributed by atoms with van der Waals surface area (Å²) in [5.74, 6) is 3.42. The zero-order chi connectivity index (χ0) is 17.1. The lowest BCUT2D eigenvalue weighted by atomic mass is 9.96. The van der Waals surface area contributed by atoms with Crippen LogP contribution < -0.4 is 0 Å². The summed E-state index contributed by atoms with van der Waals surface area (Å²) < 4.78 is 5.23. The molecule has 0 bridgehead atoms. The van der Waals surface area contributed by atoms with Gasteiger partial charge in [-0.2, -0.15) is 37.9 Å². The third-order valence-electron chi connectivity index (χ3n) is 3.97. The van der Waals surface area contributed by atoms with Crippen molar-refractivity contribution in [2.24, 2.45) is 11.8 Å². The summed E-state index contributed by atoms with van der Waals surface area (Å²) in [5.41, 5.74) is 0.903. The molecule has 1 aliphatic rings. The van der Waals surface area contributed by atoms with Crippen LogP contribution in [0.5, 0.6) is 0 Å². The number of hydrogen-bond acceptors (Lipinski definition) is 5. The van der Waals surface area contributed by atoms with Crippen LogP contribution in [-0.4, -0.2) is 29.3 Å². The minimum Gasteiger partial charge on any atom is -0.459 e. The molecule has 0 N–H and O–H groups in total. The van der Waals surface area contributed by atoms with Gasteiger partial charge in [0.25, 0.3) is 0 Å². The Bertz CT molecular complexity index is 403. The molecule has 132 valence electrons. The van der Waals surface area contributed by atoms with Gasteiger partial charge in [-0.1, -0.05) is 25.5 Å². The Morgan fingerprint density at radius 1 is 1.22 bits per heavy atom. The largest absolute Gasteiger partial charge is 0.459 e. The lowest BCUT2D eigenvalue weighted by molar-refractivity contribution is -0.138. The highest BCUT2D eigenvalue weighted by Crippen LogP contribution is 2.24. The molecule has 1 saturated carbocycles. The highest BCUT2D eigenvalue weighted by atomic mass is 32.1. The predicted octanol–water partition coefficient (Wildman–Crippen LogP) is 4.78. The lowest BCUT2D eigenvalue weighted by Gasteiger charge is -2.13. The summed E-state index contributed by atoms with van der Waals surface area (Å²) in [5, 5.41) is 0. The molecule has 2 nitrogen and oxygen atoms in total. The average Bonchev–Trinajstić information content (AvgIpc) is 3.35. The number of rotatable bonds is 12. The molecule has 0 spiro atoms. The molecule has 5 heteroatoms. The van der Waals surface area contributed by atoms with Crippen molar-refractivity contribution in [3.05, 3.63) is 23.8 Å². The minimum atomic E-state index is -0.243. The molecule has 0 aliphatic heterocycles. The molecule has 0 heterocycles. The van der Waals surface area contributed by atoms with Gasteiger partial charge in [0.15, 0.2) is 0 Å². The van der Waals surface area contributed by atoms with Gasteiger partial charge in [-0.15, -0.1) is 0 Å². The van der Waals surface area contributed by atoms with Crippen LogP contribution in [0.3, 0.4) is 0 Å². The first-order chi connectivity index (χ1) is 11.1. The molecule has 0 aromatic heterocycles. The standard InChI is InChI=1S/C18H30O2S3/c1-14(11-21)4-2-5-15(12-22)6-3-7-16(13-23)10-18(19)20-17-8-9-17/h3,7,10,14-15,17,21-23H,2,4-6,8-9,11-13H2,1H3. The highest BCUT2D eigenvalue weighted by Gasteiger charge is 2.25. The zero-order valence-electron chi connectivity index (χ0n) is 14.0. The molecule has 0 amide bonds. The molecule has 0 aromatic carbocycles. The van der Waals surface area contributed by atoms with Crippen LogP contribution in [0.15, 0.2) is 23.8 Å². The first kappa shape index (κ1) is 21.0. The quantitative estimate of drug-likeness (QED) is 0.198. The lowest BCUT2D eigenvalue weighted by Crippen LogP contribution is -2.04. The molecule has 0 aromatic rings. The predicted molar refractivity (Wildman–Crippen MR) is 109 cm³/mol. The number of thiol groups is 3. The van der Waals surface area contributed by atoms with Gasteiger partial charge in [0.05, 0.1) is 0 Å². The Morgan fingerprint density at radius 3 is 2.52 bits per heavy atom. The van der Waals surface area contributed by atoms with Gasteiger partial charge in [0.1, 0.15) is 6.10 Å². The van der Waals surface area contributed by atoms with Gasteiger partial charge in [-0.3, -0.25) is 0 Å². The van der Waals surface area contributed by atoms with Crippen LogP contribution in [0.25, 0.3) is 0 Å². The summed E-state index contributed by atoms with van der Waals surface area (Å²) in [7, 11) is 0. The number of carbonyl (C=O) groups is 1. The molecule has 0 radical (unpaired) electrons. The van der Waals surface area contributed by atoms with Crippen LogP contribution in [0.2, 0.25) is 0 Å². The molecule has 2 unspecified atom stereocenters. The van der Waals surface area contributed by atoms with Gasteiger partial charge >= 0.3 is 5.97 Å².